The van der Waals surface area contributed by atoms with Crippen molar-refractivity contribution in [3.63, 3.8) is 0 Å². The molecule has 0 saturated carbocycles. The predicted octanol–water partition coefficient (Wildman–Crippen LogP) is 5.34. The third-order valence-electron chi connectivity index (χ3n) is 5.19. The molecule has 2 aromatic carbocycles. The Balaban J connectivity index is 1.56. The van der Waals surface area contributed by atoms with Gasteiger partial charge in [0.05, 0.1) is 5.69 Å². The van der Waals surface area contributed by atoms with Gasteiger partial charge in [-0.3, -0.25) is 4.40 Å². The molecular weight excluding hydrogens is 457 g/mol. The van der Waals surface area contributed by atoms with Gasteiger partial charge in [0.15, 0.2) is 15.3 Å². The van der Waals surface area contributed by atoms with Crippen LogP contribution in [0.3, 0.4) is 0 Å². The van der Waals surface area contributed by atoms with E-state index in [-0.39, 0.29) is 11.3 Å². The number of pyridine rings is 1. The highest BCUT2D eigenvalue weighted by atomic mass is 32.2. The number of fused-ring (bicyclic) bond motifs is 2. The number of halogens is 1. The predicted molar refractivity (Wildman–Crippen MR) is 128 cm³/mol. The first-order chi connectivity index (χ1) is 16.2. The van der Waals surface area contributed by atoms with Gasteiger partial charge in [-0.15, -0.1) is 10.2 Å². The number of hydrogen-bond donors (Lipinski definition) is 1. The van der Waals surface area contributed by atoms with Crippen LogP contribution in [0.5, 0.6) is 0 Å². The molecule has 0 amide bonds. The maximum Gasteiger partial charge on any atom is 0.181 e. The molecule has 0 unspecified atom stereocenters. The minimum Gasteiger partial charge on any atom is -0.382 e. The molecule has 0 spiro atoms. The van der Waals surface area contributed by atoms with E-state index < -0.39 is 5.82 Å². The second-order valence-corrected chi connectivity index (χ2v) is 9.19. The molecule has 0 atom stereocenters. The molecule has 0 aliphatic carbocycles. The summed E-state index contributed by atoms with van der Waals surface area (Å²) in [6.45, 7) is 0. The Morgan fingerprint density at radius 1 is 1.00 bits per heavy atom. The first-order valence-electron chi connectivity index (χ1n) is 9.90. The minimum absolute atomic E-state index is 0.259. The van der Waals surface area contributed by atoms with Crippen molar-refractivity contribution in [2.24, 2.45) is 0 Å². The van der Waals surface area contributed by atoms with Crippen molar-refractivity contribution < 1.29 is 4.39 Å². The highest BCUT2D eigenvalue weighted by Crippen LogP contribution is 2.37. The Hall–Kier alpha value is -3.89. The van der Waals surface area contributed by atoms with Crippen LogP contribution in [0.1, 0.15) is 0 Å². The topological polar surface area (TPSA) is 94.9 Å². The van der Waals surface area contributed by atoms with E-state index in [4.69, 9.17) is 10.7 Å². The van der Waals surface area contributed by atoms with E-state index in [0.29, 0.717) is 33.0 Å². The lowest BCUT2D eigenvalue weighted by molar-refractivity contribution is 0.640. The van der Waals surface area contributed by atoms with E-state index in [1.54, 1.807) is 28.4 Å². The van der Waals surface area contributed by atoms with Crippen LogP contribution >= 0.6 is 23.1 Å². The lowest BCUT2D eigenvalue weighted by atomic mass is 10.0. The number of benzene rings is 2. The second-order valence-electron chi connectivity index (χ2n) is 7.14. The minimum atomic E-state index is -0.457. The highest BCUT2D eigenvalue weighted by Gasteiger charge is 2.21. The van der Waals surface area contributed by atoms with E-state index in [9.17, 15) is 0 Å². The maximum absolute atomic E-state index is 15.9. The van der Waals surface area contributed by atoms with Crippen LogP contribution < -0.4 is 5.73 Å². The summed E-state index contributed by atoms with van der Waals surface area (Å²) in [6, 6.07) is 17.0. The average molecular weight is 472 g/mol. The molecule has 0 fully saturated rings. The molecule has 0 bridgehead atoms. The van der Waals surface area contributed by atoms with Crippen LogP contribution in [0.25, 0.3) is 38.9 Å². The first-order valence-corrected chi connectivity index (χ1v) is 11.6. The zero-order valence-electron chi connectivity index (χ0n) is 16.9. The fourth-order valence-corrected chi connectivity index (χ4v) is 5.14. The van der Waals surface area contributed by atoms with E-state index in [0.717, 1.165) is 9.90 Å². The van der Waals surface area contributed by atoms with E-state index in [1.165, 1.54) is 23.1 Å². The molecule has 10 heteroatoms. The summed E-state index contributed by atoms with van der Waals surface area (Å²) < 4.78 is 18.4. The number of nitrogens with zero attached hydrogens (tertiary/aromatic N) is 6. The van der Waals surface area contributed by atoms with Crippen LogP contribution in [0, 0.1) is 5.82 Å². The van der Waals surface area contributed by atoms with Gasteiger partial charge >= 0.3 is 0 Å². The Kier molecular flexibility index (Phi) is 4.74. The number of rotatable bonds is 4. The quantitative estimate of drug-likeness (QED) is 0.371. The van der Waals surface area contributed by atoms with Crippen molar-refractivity contribution in [3.8, 4) is 22.5 Å². The van der Waals surface area contributed by atoms with E-state index in [2.05, 4.69) is 20.2 Å². The van der Waals surface area contributed by atoms with Crippen molar-refractivity contribution in [2.75, 3.05) is 5.73 Å². The van der Waals surface area contributed by atoms with Gasteiger partial charge in [-0.1, -0.05) is 53.8 Å². The fraction of sp³-hybridized carbons (Fsp3) is 0. The standard InChI is InChI=1S/C23H14FN7S2/c24-17-15(8-6-14-7-9-16(28-18(14)17)13-4-2-1-3-5-13)19-20-21(25)26-10-11-31(20)22(29-19)33-23-30-27-12-32-23/h1-12H,(H2,25,26). The Morgan fingerprint density at radius 3 is 2.67 bits per heavy atom. The normalized spacial score (nSPS) is 11.4. The molecular formula is C23H14FN7S2. The molecule has 0 aliphatic rings. The lowest BCUT2D eigenvalue weighted by Gasteiger charge is -2.08. The number of anilines is 1. The third-order valence-corrected chi connectivity index (χ3v) is 6.94. The van der Waals surface area contributed by atoms with Crippen molar-refractivity contribution >= 4 is 45.3 Å². The van der Waals surface area contributed by atoms with Crippen LogP contribution in [-0.2, 0) is 0 Å². The number of aromatic nitrogens is 6. The number of hydrogen-bond acceptors (Lipinski definition) is 8. The molecule has 0 radical (unpaired) electrons. The SMILES string of the molecule is Nc1nccn2c(Sc3nncs3)nc(-c3ccc4ccc(-c5ccccc5)nc4c3F)c12. The van der Waals surface area contributed by atoms with Gasteiger partial charge in [-0.2, -0.15) is 0 Å². The summed E-state index contributed by atoms with van der Waals surface area (Å²) in [5.41, 5.74) is 11.0. The molecule has 6 aromatic rings. The van der Waals surface area contributed by atoms with Crippen molar-refractivity contribution in [1.29, 1.82) is 0 Å². The molecule has 33 heavy (non-hydrogen) atoms. The van der Waals surface area contributed by atoms with Crippen LogP contribution in [0.4, 0.5) is 10.2 Å². The smallest absolute Gasteiger partial charge is 0.181 e. The number of nitrogens with two attached hydrogens (primary N) is 1. The van der Waals surface area contributed by atoms with Gasteiger partial charge in [0.1, 0.15) is 28.1 Å². The second kappa shape index (κ2) is 7.91. The molecule has 0 saturated heterocycles. The maximum atomic E-state index is 15.9. The Morgan fingerprint density at radius 2 is 1.85 bits per heavy atom. The fourth-order valence-electron chi connectivity index (χ4n) is 3.69. The molecule has 0 aliphatic heterocycles. The average Bonchev–Trinajstić information content (AvgIpc) is 3.49. The van der Waals surface area contributed by atoms with Gasteiger partial charge in [-0.25, -0.2) is 19.3 Å². The largest absolute Gasteiger partial charge is 0.382 e. The summed E-state index contributed by atoms with van der Waals surface area (Å²) in [5, 5.41) is 9.23. The van der Waals surface area contributed by atoms with Gasteiger partial charge in [0, 0.05) is 28.9 Å². The highest BCUT2D eigenvalue weighted by molar-refractivity contribution is 8.00. The van der Waals surface area contributed by atoms with Crippen molar-refractivity contribution in [2.45, 2.75) is 9.50 Å². The summed E-state index contributed by atoms with van der Waals surface area (Å²) >= 11 is 2.73. The van der Waals surface area contributed by atoms with E-state index >= 15 is 4.39 Å². The summed E-state index contributed by atoms with van der Waals surface area (Å²) in [4.78, 5) is 13.5. The van der Waals surface area contributed by atoms with Gasteiger partial charge in [0.25, 0.3) is 0 Å². The Bertz CT molecular complexity index is 1620. The van der Waals surface area contributed by atoms with Crippen LogP contribution in [-0.4, -0.2) is 29.5 Å². The summed E-state index contributed by atoms with van der Waals surface area (Å²) in [6.07, 6.45) is 3.33. The molecule has 4 heterocycles. The Labute approximate surface area is 195 Å². The monoisotopic (exact) mass is 471 g/mol. The number of nitrogen functional groups attached to an aromatic ring is 1. The summed E-state index contributed by atoms with van der Waals surface area (Å²) in [7, 11) is 0. The van der Waals surface area contributed by atoms with E-state index in [1.807, 2.05) is 48.5 Å². The zero-order chi connectivity index (χ0) is 22.4. The third kappa shape index (κ3) is 3.40. The van der Waals surface area contributed by atoms with Gasteiger partial charge < -0.3 is 5.73 Å². The molecule has 7 nitrogen and oxygen atoms in total. The first kappa shape index (κ1) is 19.8. The molecule has 4 aromatic heterocycles. The lowest BCUT2D eigenvalue weighted by Crippen LogP contribution is -1.97. The zero-order valence-corrected chi connectivity index (χ0v) is 18.5. The molecule has 6 rings (SSSR count). The van der Waals surface area contributed by atoms with Crippen molar-refractivity contribution in [3.05, 3.63) is 78.3 Å². The van der Waals surface area contributed by atoms with Crippen LogP contribution in [0.2, 0.25) is 0 Å². The summed E-state index contributed by atoms with van der Waals surface area (Å²) in [5.74, 6) is -0.199. The van der Waals surface area contributed by atoms with Gasteiger partial charge in [-0.05, 0) is 23.9 Å². The van der Waals surface area contributed by atoms with Crippen LogP contribution in [0.15, 0.2) is 82.0 Å². The van der Waals surface area contributed by atoms with Gasteiger partial charge in [0.2, 0.25) is 0 Å². The molecule has 160 valence electrons. The molecule has 2 N–H and O–H groups in total. The van der Waals surface area contributed by atoms with Crippen molar-refractivity contribution in [1.82, 2.24) is 29.5 Å². The number of imidazole rings is 1.